The van der Waals surface area contributed by atoms with Crippen LogP contribution in [-0.4, -0.2) is 29.0 Å². The highest BCUT2D eigenvalue weighted by molar-refractivity contribution is 6.19. The normalized spacial score (nSPS) is 18.2. The first-order valence-electron chi connectivity index (χ1n) is 9.92. The Morgan fingerprint density at radius 3 is 2.73 bits per heavy atom. The van der Waals surface area contributed by atoms with Gasteiger partial charge < -0.3 is 14.5 Å². The van der Waals surface area contributed by atoms with Gasteiger partial charge in [0.25, 0.3) is 0 Å². The summed E-state index contributed by atoms with van der Waals surface area (Å²) in [4.78, 5) is 20.9. The number of methoxy groups -OCH3 is 1. The van der Waals surface area contributed by atoms with Crippen molar-refractivity contribution in [2.24, 2.45) is 5.92 Å². The number of hydrogen-bond donors (Lipinski definition) is 1. The lowest BCUT2D eigenvalue weighted by molar-refractivity contribution is 0.0793. The van der Waals surface area contributed by atoms with E-state index in [0.717, 1.165) is 32.9 Å². The first kappa shape index (κ1) is 18.9. The number of rotatable bonds is 7. The largest absolute Gasteiger partial charge is 0.380 e. The molecule has 0 amide bonds. The van der Waals surface area contributed by atoms with Gasteiger partial charge in [-0.25, -0.2) is 4.39 Å². The second-order valence-electron chi connectivity index (χ2n) is 7.69. The number of ether oxygens (including phenoxy) is 2. The van der Waals surface area contributed by atoms with Gasteiger partial charge in [0, 0.05) is 40.7 Å². The smallest absolute Gasteiger partial charge is 0.169 e. The van der Waals surface area contributed by atoms with Crippen LogP contribution in [0.2, 0.25) is 0 Å². The van der Waals surface area contributed by atoms with Crippen LogP contribution in [0.15, 0.2) is 54.9 Å². The molecule has 1 aliphatic carbocycles. The molecular weight excluding hydrogens is 383 g/mol. The van der Waals surface area contributed by atoms with Gasteiger partial charge in [0.15, 0.2) is 5.78 Å². The van der Waals surface area contributed by atoms with E-state index >= 15 is 0 Å². The van der Waals surface area contributed by atoms with Crippen molar-refractivity contribution < 1.29 is 18.7 Å². The molecule has 5 nitrogen and oxygen atoms in total. The van der Waals surface area contributed by atoms with E-state index in [-0.39, 0.29) is 23.6 Å². The van der Waals surface area contributed by atoms with Crippen molar-refractivity contribution in [1.29, 1.82) is 0 Å². The molecule has 6 heteroatoms. The topological polar surface area (TPSA) is 64.2 Å². The molecule has 0 spiro atoms. The molecule has 2 aromatic heterocycles. The molecule has 1 fully saturated rings. The Morgan fingerprint density at radius 2 is 1.93 bits per heavy atom. The third kappa shape index (κ3) is 3.38. The quantitative estimate of drug-likeness (QED) is 0.450. The second-order valence-corrected chi connectivity index (χ2v) is 7.69. The summed E-state index contributed by atoms with van der Waals surface area (Å²) in [6.45, 7) is 0.794. The Hall–Kier alpha value is -3.09. The molecule has 2 atom stereocenters. The van der Waals surface area contributed by atoms with E-state index in [1.54, 1.807) is 31.6 Å². The monoisotopic (exact) mass is 404 g/mol. The molecule has 0 bridgehead atoms. The van der Waals surface area contributed by atoms with Gasteiger partial charge >= 0.3 is 0 Å². The molecule has 1 aliphatic rings. The molecule has 2 heterocycles. The minimum Gasteiger partial charge on any atom is -0.380 e. The number of H-pyrrole nitrogens is 1. The zero-order valence-corrected chi connectivity index (χ0v) is 16.5. The number of aromatic nitrogens is 2. The summed E-state index contributed by atoms with van der Waals surface area (Å²) in [5.41, 5.74) is 4.33. The average Bonchev–Trinajstić information content (AvgIpc) is 3.43. The number of ketones is 1. The van der Waals surface area contributed by atoms with Gasteiger partial charge in [0.2, 0.25) is 0 Å². The summed E-state index contributed by atoms with van der Waals surface area (Å²) in [5, 5.41) is 1.89. The number of pyridine rings is 1. The maximum atomic E-state index is 13.3. The van der Waals surface area contributed by atoms with Gasteiger partial charge in [-0.15, -0.1) is 0 Å². The predicted octanol–water partition coefficient (Wildman–Crippen LogP) is 4.79. The summed E-state index contributed by atoms with van der Waals surface area (Å²) in [7, 11) is 1.65. The molecule has 4 aromatic rings. The van der Waals surface area contributed by atoms with Crippen molar-refractivity contribution in [1.82, 2.24) is 9.97 Å². The zero-order valence-electron chi connectivity index (χ0n) is 16.5. The van der Waals surface area contributed by atoms with Gasteiger partial charge in [-0.1, -0.05) is 24.3 Å². The van der Waals surface area contributed by atoms with Crippen LogP contribution in [0.5, 0.6) is 0 Å². The summed E-state index contributed by atoms with van der Waals surface area (Å²) < 4.78 is 24.3. The van der Waals surface area contributed by atoms with Crippen LogP contribution < -0.4 is 0 Å². The predicted molar refractivity (Wildman–Crippen MR) is 112 cm³/mol. The SMILES string of the molecule is COCc1cncc2[nH]c3cccc(C(=O)C4CC4OCc4ccc(F)cc4)c3c12. The van der Waals surface area contributed by atoms with Gasteiger partial charge in [-0.3, -0.25) is 9.78 Å². The minimum atomic E-state index is -0.270. The number of nitrogens with one attached hydrogen (secondary N) is 1. The summed E-state index contributed by atoms with van der Waals surface area (Å²) in [6, 6.07) is 12.0. The van der Waals surface area contributed by atoms with Crippen LogP contribution in [0.3, 0.4) is 0 Å². The van der Waals surface area contributed by atoms with Crippen molar-refractivity contribution >= 4 is 27.6 Å². The molecule has 1 N–H and O–H groups in total. The van der Waals surface area contributed by atoms with Gasteiger partial charge in [-0.05, 0) is 30.2 Å². The van der Waals surface area contributed by atoms with Crippen molar-refractivity contribution in [2.45, 2.75) is 25.7 Å². The molecule has 1 saturated carbocycles. The highest BCUT2D eigenvalue weighted by atomic mass is 19.1. The van der Waals surface area contributed by atoms with E-state index in [9.17, 15) is 9.18 Å². The number of carbonyl (C=O) groups is 1. The summed E-state index contributed by atoms with van der Waals surface area (Å²) in [5.74, 6) is -0.340. The lowest BCUT2D eigenvalue weighted by Gasteiger charge is -2.07. The van der Waals surface area contributed by atoms with Gasteiger partial charge in [0.05, 0.1) is 36.9 Å². The maximum Gasteiger partial charge on any atom is 0.169 e. The van der Waals surface area contributed by atoms with Crippen LogP contribution in [0, 0.1) is 11.7 Å². The average molecular weight is 404 g/mol. The number of halogens is 1. The van der Waals surface area contributed by atoms with Crippen molar-refractivity contribution in [3.05, 3.63) is 77.4 Å². The zero-order chi connectivity index (χ0) is 20.7. The first-order chi connectivity index (χ1) is 14.7. The minimum absolute atomic E-state index is 0.0887. The molecule has 0 saturated heterocycles. The molecule has 0 radical (unpaired) electrons. The number of Topliss-reactive ketones (excluding diaryl/α,β-unsaturated/α-hetero) is 1. The van der Waals surface area contributed by atoms with E-state index in [0.29, 0.717) is 25.2 Å². The Balaban J connectivity index is 1.41. The molecule has 30 heavy (non-hydrogen) atoms. The molecule has 0 aliphatic heterocycles. The van der Waals surface area contributed by atoms with E-state index in [2.05, 4.69) is 9.97 Å². The maximum absolute atomic E-state index is 13.3. The van der Waals surface area contributed by atoms with Crippen LogP contribution in [0.1, 0.15) is 27.9 Å². The van der Waals surface area contributed by atoms with E-state index in [1.807, 2.05) is 18.2 Å². The number of hydrogen-bond acceptors (Lipinski definition) is 4. The lowest BCUT2D eigenvalue weighted by atomic mass is 9.99. The standard InChI is InChI=1S/C24H21FN2O3/c1-29-13-15-10-26-11-20-22(15)23-17(3-2-4-19(23)27-20)24(28)18-9-21(18)30-12-14-5-7-16(25)8-6-14/h2-8,10-11,18,21,27H,9,12-13H2,1H3. The van der Waals surface area contributed by atoms with E-state index in [1.165, 1.54) is 12.1 Å². The number of carbonyl (C=O) groups excluding carboxylic acids is 1. The van der Waals surface area contributed by atoms with Gasteiger partial charge in [0.1, 0.15) is 5.82 Å². The highest BCUT2D eigenvalue weighted by Gasteiger charge is 2.44. The third-order valence-corrected chi connectivity index (χ3v) is 5.62. The Kier molecular flexibility index (Phi) is 4.81. The van der Waals surface area contributed by atoms with E-state index in [4.69, 9.17) is 9.47 Å². The van der Waals surface area contributed by atoms with Crippen LogP contribution in [-0.2, 0) is 22.7 Å². The first-order valence-corrected chi connectivity index (χ1v) is 9.92. The summed E-state index contributed by atoms with van der Waals surface area (Å²) in [6.07, 6.45) is 4.15. The van der Waals surface area contributed by atoms with Crippen LogP contribution in [0.25, 0.3) is 21.8 Å². The number of benzene rings is 2. The fourth-order valence-electron chi connectivity index (χ4n) is 4.05. The summed E-state index contributed by atoms with van der Waals surface area (Å²) >= 11 is 0. The van der Waals surface area contributed by atoms with Crippen molar-refractivity contribution in [3.8, 4) is 0 Å². The second kappa shape index (κ2) is 7.63. The molecule has 152 valence electrons. The lowest BCUT2D eigenvalue weighted by Crippen LogP contribution is -2.08. The molecular formula is C24H21FN2O3. The number of fused-ring (bicyclic) bond motifs is 3. The molecule has 5 rings (SSSR count). The van der Waals surface area contributed by atoms with E-state index < -0.39 is 0 Å². The fourth-order valence-corrected chi connectivity index (χ4v) is 4.05. The van der Waals surface area contributed by atoms with Gasteiger partial charge in [-0.2, -0.15) is 0 Å². The number of aromatic amines is 1. The Bertz CT molecular complexity index is 1230. The molecule has 2 unspecified atom stereocenters. The fraction of sp³-hybridized carbons (Fsp3) is 0.250. The van der Waals surface area contributed by atoms with Crippen LogP contribution >= 0.6 is 0 Å². The molecule has 2 aromatic carbocycles. The Morgan fingerprint density at radius 1 is 1.10 bits per heavy atom. The Labute approximate surface area is 172 Å². The third-order valence-electron chi connectivity index (χ3n) is 5.62. The van der Waals surface area contributed by atoms with Crippen LogP contribution in [0.4, 0.5) is 4.39 Å². The van der Waals surface area contributed by atoms with Crippen molar-refractivity contribution in [3.63, 3.8) is 0 Å². The number of nitrogens with zero attached hydrogens (tertiary/aromatic N) is 1. The van der Waals surface area contributed by atoms with Crippen molar-refractivity contribution in [2.75, 3.05) is 7.11 Å². The highest BCUT2D eigenvalue weighted by Crippen LogP contribution is 2.40.